The van der Waals surface area contributed by atoms with Gasteiger partial charge in [-0.05, 0) is 49.0 Å². The number of likely N-dealkylation sites (N-methyl/N-ethyl adjacent to an activating group) is 1. The second kappa shape index (κ2) is 8.67. The molecule has 140 valence electrons. The molecular formula is C23H25NO3. The lowest BCUT2D eigenvalue weighted by Gasteiger charge is -2.33. The van der Waals surface area contributed by atoms with Gasteiger partial charge < -0.3 is 9.64 Å². The molecule has 0 bridgehead atoms. The Bertz CT molecular complexity index is 856. The van der Waals surface area contributed by atoms with Crippen LogP contribution >= 0.6 is 0 Å². The molecule has 0 unspecified atom stereocenters. The Balaban J connectivity index is 1.55. The summed E-state index contributed by atoms with van der Waals surface area (Å²) in [5, 5.41) is 0. The van der Waals surface area contributed by atoms with Crippen LogP contribution in [0.2, 0.25) is 0 Å². The van der Waals surface area contributed by atoms with Crippen molar-refractivity contribution >= 4 is 18.0 Å². The first-order valence-corrected chi connectivity index (χ1v) is 9.29. The van der Waals surface area contributed by atoms with Crippen LogP contribution in [0.3, 0.4) is 0 Å². The number of nitrogens with zero attached hydrogens (tertiary/aromatic N) is 1. The Morgan fingerprint density at radius 1 is 1.19 bits per heavy atom. The van der Waals surface area contributed by atoms with Crippen LogP contribution in [0, 0.1) is 6.92 Å². The van der Waals surface area contributed by atoms with Crippen molar-refractivity contribution in [3.63, 3.8) is 0 Å². The first-order chi connectivity index (χ1) is 13.0. The third-order valence-electron chi connectivity index (χ3n) is 4.99. The predicted octanol–water partition coefficient (Wildman–Crippen LogP) is 4.09. The van der Waals surface area contributed by atoms with Gasteiger partial charge in [-0.3, -0.25) is 4.79 Å². The molecule has 0 saturated carbocycles. The summed E-state index contributed by atoms with van der Waals surface area (Å²) < 4.78 is 5.14. The van der Waals surface area contributed by atoms with Gasteiger partial charge in [0.1, 0.15) is 0 Å². The highest BCUT2D eigenvalue weighted by Gasteiger charge is 2.26. The predicted molar refractivity (Wildman–Crippen MR) is 106 cm³/mol. The molecule has 27 heavy (non-hydrogen) atoms. The molecule has 1 amide bonds. The smallest absolute Gasteiger partial charge is 0.331 e. The number of aryl methyl sites for hydroxylation is 2. The number of esters is 1. The molecule has 0 N–H and O–H groups in total. The molecule has 0 aromatic heterocycles. The number of benzene rings is 2. The van der Waals surface area contributed by atoms with E-state index in [0.29, 0.717) is 0 Å². The summed E-state index contributed by atoms with van der Waals surface area (Å²) >= 11 is 0. The number of ether oxygens (including phenoxy) is 1. The lowest BCUT2D eigenvalue weighted by Crippen LogP contribution is -2.36. The molecule has 1 atom stereocenters. The van der Waals surface area contributed by atoms with Crippen molar-refractivity contribution in [2.24, 2.45) is 0 Å². The van der Waals surface area contributed by atoms with Crippen LogP contribution < -0.4 is 0 Å². The Hall–Kier alpha value is -2.88. The quantitative estimate of drug-likeness (QED) is 0.594. The highest BCUT2D eigenvalue weighted by molar-refractivity contribution is 5.89. The zero-order chi connectivity index (χ0) is 19.2. The van der Waals surface area contributed by atoms with E-state index >= 15 is 0 Å². The van der Waals surface area contributed by atoms with E-state index in [2.05, 4.69) is 12.1 Å². The Morgan fingerprint density at radius 3 is 2.81 bits per heavy atom. The van der Waals surface area contributed by atoms with E-state index in [-0.39, 0.29) is 18.6 Å². The molecule has 0 saturated heterocycles. The van der Waals surface area contributed by atoms with Gasteiger partial charge in [0.2, 0.25) is 0 Å². The van der Waals surface area contributed by atoms with Crippen LogP contribution in [0.1, 0.15) is 41.1 Å². The number of carbonyl (C=O) groups is 2. The maximum atomic E-state index is 12.5. The van der Waals surface area contributed by atoms with Crippen LogP contribution in [0.5, 0.6) is 0 Å². The van der Waals surface area contributed by atoms with Gasteiger partial charge in [-0.2, -0.15) is 0 Å². The van der Waals surface area contributed by atoms with E-state index in [0.717, 1.165) is 30.4 Å². The number of amides is 1. The van der Waals surface area contributed by atoms with E-state index in [1.54, 1.807) is 18.0 Å². The highest BCUT2D eigenvalue weighted by atomic mass is 16.5. The van der Waals surface area contributed by atoms with E-state index in [1.165, 1.54) is 17.2 Å². The molecular weight excluding hydrogens is 338 g/mol. The maximum absolute atomic E-state index is 12.5. The summed E-state index contributed by atoms with van der Waals surface area (Å²) in [5.74, 6) is -0.698. The van der Waals surface area contributed by atoms with Crippen LogP contribution in [-0.2, 0) is 20.7 Å². The summed E-state index contributed by atoms with van der Waals surface area (Å²) in [6.07, 6.45) is 6.09. The third-order valence-corrected chi connectivity index (χ3v) is 4.99. The van der Waals surface area contributed by atoms with Crippen molar-refractivity contribution in [3.8, 4) is 0 Å². The van der Waals surface area contributed by atoms with Crippen molar-refractivity contribution in [1.82, 2.24) is 4.90 Å². The fourth-order valence-corrected chi connectivity index (χ4v) is 3.53. The SMILES string of the molecule is Cc1cccc(/C=C/C(=O)OCC(=O)N(C)[C@@H]2CCCc3ccccc32)c1. The molecule has 1 aliphatic rings. The average Bonchev–Trinajstić information content (AvgIpc) is 2.69. The largest absolute Gasteiger partial charge is 0.452 e. The van der Waals surface area contributed by atoms with E-state index in [1.807, 2.05) is 43.3 Å². The summed E-state index contributed by atoms with van der Waals surface area (Å²) in [7, 11) is 1.78. The number of hydrogen-bond acceptors (Lipinski definition) is 3. The molecule has 3 rings (SSSR count). The molecule has 0 aliphatic heterocycles. The lowest BCUT2D eigenvalue weighted by atomic mass is 9.87. The van der Waals surface area contributed by atoms with Crippen molar-refractivity contribution in [2.75, 3.05) is 13.7 Å². The normalized spacial score (nSPS) is 16.0. The van der Waals surface area contributed by atoms with Crippen molar-refractivity contribution in [3.05, 3.63) is 76.9 Å². The Morgan fingerprint density at radius 2 is 2.00 bits per heavy atom. The molecule has 4 nitrogen and oxygen atoms in total. The highest BCUT2D eigenvalue weighted by Crippen LogP contribution is 2.33. The first kappa shape index (κ1) is 18.9. The van der Waals surface area contributed by atoms with Crippen molar-refractivity contribution in [2.45, 2.75) is 32.2 Å². The second-order valence-electron chi connectivity index (χ2n) is 6.97. The third kappa shape index (κ3) is 4.85. The summed E-state index contributed by atoms with van der Waals surface area (Å²) in [6, 6.07) is 16.1. The van der Waals surface area contributed by atoms with E-state index in [4.69, 9.17) is 4.74 Å². The molecule has 0 fully saturated rings. The second-order valence-corrected chi connectivity index (χ2v) is 6.97. The Labute approximate surface area is 160 Å². The fraction of sp³-hybridized carbons (Fsp3) is 0.304. The summed E-state index contributed by atoms with van der Waals surface area (Å²) in [5.41, 5.74) is 4.54. The molecule has 2 aromatic carbocycles. The fourth-order valence-electron chi connectivity index (χ4n) is 3.53. The van der Waals surface area contributed by atoms with Crippen molar-refractivity contribution in [1.29, 1.82) is 0 Å². The van der Waals surface area contributed by atoms with Crippen LogP contribution in [0.15, 0.2) is 54.6 Å². The molecule has 1 aliphatic carbocycles. The number of fused-ring (bicyclic) bond motifs is 1. The van der Waals surface area contributed by atoms with Gasteiger partial charge in [-0.1, -0.05) is 54.1 Å². The first-order valence-electron chi connectivity index (χ1n) is 9.29. The van der Waals surface area contributed by atoms with Crippen molar-refractivity contribution < 1.29 is 14.3 Å². The number of carbonyl (C=O) groups excluding carboxylic acids is 2. The minimum Gasteiger partial charge on any atom is -0.452 e. The number of rotatable bonds is 5. The standard InChI is InChI=1S/C23H25NO3/c1-17-7-5-8-18(15-17)13-14-23(26)27-16-22(25)24(2)21-12-6-10-19-9-3-4-11-20(19)21/h3-5,7-9,11,13-15,21H,6,10,12,16H2,1-2H3/b14-13+/t21-/m1/s1. The van der Waals surface area contributed by atoms with Crippen LogP contribution in [-0.4, -0.2) is 30.4 Å². The molecule has 2 aromatic rings. The van der Waals surface area contributed by atoms with Gasteiger partial charge in [0, 0.05) is 13.1 Å². The zero-order valence-corrected chi connectivity index (χ0v) is 15.9. The minimum absolute atomic E-state index is 0.0454. The molecule has 0 radical (unpaired) electrons. The topological polar surface area (TPSA) is 46.6 Å². The monoisotopic (exact) mass is 363 g/mol. The summed E-state index contributed by atoms with van der Waals surface area (Å²) in [4.78, 5) is 26.1. The number of hydrogen-bond donors (Lipinski definition) is 0. The van der Waals surface area contributed by atoms with Gasteiger partial charge >= 0.3 is 5.97 Å². The molecule has 0 heterocycles. The van der Waals surface area contributed by atoms with Gasteiger partial charge in [-0.25, -0.2) is 4.79 Å². The average molecular weight is 363 g/mol. The van der Waals surface area contributed by atoms with E-state index in [9.17, 15) is 9.59 Å². The molecule has 0 spiro atoms. The lowest BCUT2D eigenvalue weighted by molar-refractivity contribution is -0.148. The van der Waals surface area contributed by atoms with E-state index < -0.39 is 5.97 Å². The van der Waals surface area contributed by atoms with Crippen LogP contribution in [0.25, 0.3) is 6.08 Å². The van der Waals surface area contributed by atoms with Gasteiger partial charge in [0.25, 0.3) is 5.91 Å². The van der Waals surface area contributed by atoms with Crippen LogP contribution in [0.4, 0.5) is 0 Å². The van der Waals surface area contributed by atoms with Gasteiger partial charge in [0.15, 0.2) is 6.61 Å². The zero-order valence-electron chi connectivity index (χ0n) is 15.9. The van der Waals surface area contributed by atoms with Gasteiger partial charge in [0.05, 0.1) is 6.04 Å². The maximum Gasteiger partial charge on any atom is 0.331 e. The minimum atomic E-state index is -0.512. The van der Waals surface area contributed by atoms with Gasteiger partial charge in [-0.15, -0.1) is 0 Å². The summed E-state index contributed by atoms with van der Waals surface area (Å²) in [6.45, 7) is 1.75. The Kier molecular flexibility index (Phi) is 6.07. The molecule has 4 heteroatoms.